The average molecular weight is 295 g/mol. The van der Waals surface area contributed by atoms with Crippen LogP contribution in [0, 0.1) is 5.82 Å². The van der Waals surface area contributed by atoms with Crippen molar-refractivity contribution in [2.45, 2.75) is 39.4 Å². The Morgan fingerprint density at radius 1 is 1.25 bits per heavy atom. The number of hydrogen-bond acceptors (Lipinski definition) is 1. The molecular formula is C16H20ClFN2. The van der Waals surface area contributed by atoms with Crippen LogP contribution in [0.5, 0.6) is 0 Å². The maximum atomic E-state index is 13.2. The van der Waals surface area contributed by atoms with E-state index in [2.05, 4.69) is 38.4 Å². The largest absolute Gasteiger partial charge is 0.350 e. The Bertz CT molecular complexity index is 584. The minimum absolute atomic E-state index is 0.0912. The average Bonchev–Trinajstić information content (AvgIpc) is 2.78. The second-order valence-electron chi connectivity index (χ2n) is 6.03. The highest BCUT2D eigenvalue weighted by Crippen LogP contribution is 2.18. The second kappa shape index (κ2) is 5.98. The van der Waals surface area contributed by atoms with E-state index in [0.717, 1.165) is 12.1 Å². The van der Waals surface area contributed by atoms with Crippen molar-refractivity contribution in [2.75, 3.05) is 0 Å². The van der Waals surface area contributed by atoms with Gasteiger partial charge in [0.05, 0.1) is 0 Å². The lowest BCUT2D eigenvalue weighted by Crippen LogP contribution is -2.34. The number of hydrogen-bond donors (Lipinski definition) is 1. The van der Waals surface area contributed by atoms with E-state index >= 15 is 0 Å². The van der Waals surface area contributed by atoms with Gasteiger partial charge in [-0.15, -0.1) is 0 Å². The van der Waals surface area contributed by atoms with Crippen molar-refractivity contribution in [1.82, 2.24) is 9.88 Å². The van der Waals surface area contributed by atoms with Crippen molar-refractivity contribution < 1.29 is 4.39 Å². The van der Waals surface area contributed by atoms with Crippen molar-refractivity contribution in [3.05, 3.63) is 58.6 Å². The summed E-state index contributed by atoms with van der Waals surface area (Å²) in [5.74, 6) is -0.258. The van der Waals surface area contributed by atoms with Gasteiger partial charge in [0.1, 0.15) is 5.82 Å². The summed E-state index contributed by atoms with van der Waals surface area (Å²) in [5, 5.41) is 4.03. The van der Waals surface area contributed by atoms with Gasteiger partial charge in [-0.05, 0) is 56.2 Å². The molecule has 0 atom stereocenters. The van der Waals surface area contributed by atoms with Gasteiger partial charge in [0.2, 0.25) is 0 Å². The van der Waals surface area contributed by atoms with Crippen LogP contribution >= 0.6 is 11.6 Å². The molecule has 0 aliphatic heterocycles. The summed E-state index contributed by atoms with van der Waals surface area (Å²) in [6.45, 7) is 7.79. The Hall–Kier alpha value is -1.32. The van der Waals surface area contributed by atoms with Crippen molar-refractivity contribution >= 4 is 11.6 Å². The summed E-state index contributed by atoms with van der Waals surface area (Å²) in [4.78, 5) is 0. The SMILES string of the molecule is CC(C)(C)NCc1ccn(Cc2cc(F)ccc2Cl)c1. The molecular weight excluding hydrogens is 275 g/mol. The van der Waals surface area contributed by atoms with Crippen LogP contribution in [0.25, 0.3) is 0 Å². The second-order valence-corrected chi connectivity index (χ2v) is 6.44. The first kappa shape index (κ1) is 15.1. The third kappa shape index (κ3) is 4.36. The molecule has 0 amide bonds. The van der Waals surface area contributed by atoms with Crippen LogP contribution < -0.4 is 5.32 Å². The third-order valence-electron chi connectivity index (χ3n) is 3.00. The molecule has 108 valence electrons. The topological polar surface area (TPSA) is 17.0 Å². The highest BCUT2D eigenvalue weighted by molar-refractivity contribution is 6.31. The molecule has 0 aliphatic rings. The van der Waals surface area contributed by atoms with Crippen LogP contribution in [0.3, 0.4) is 0 Å². The number of benzene rings is 1. The van der Waals surface area contributed by atoms with E-state index in [4.69, 9.17) is 11.6 Å². The zero-order chi connectivity index (χ0) is 14.8. The van der Waals surface area contributed by atoms with E-state index in [1.54, 1.807) is 6.07 Å². The summed E-state index contributed by atoms with van der Waals surface area (Å²) < 4.78 is 15.2. The van der Waals surface area contributed by atoms with E-state index < -0.39 is 0 Å². The van der Waals surface area contributed by atoms with E-state index in [-0.39, 0.29) is 11.4 Å². The van der Waals surface area contributed by atoms with Gasteiger partial charge in [-0.25, -0.2) is 4.39 Å². The summed E-state index contributed by atoms with van der Waals surface area (Å²) in [7, 11) is 0. The van der Waals surface area contributed by atoms with Crippen molar-refractivity contribution in [3.8, 4) is 0 Å². The lowest BCUT2D eigenvalue weighted by molar-refractivity contribution is 0.424. The van der Waals surface area contributed by atoms with Crippen molar-refractivity contribution in [2.24, 2.45) is 0 Å². The van der Waals surface area contributed by atoms with Gasteiger partial charge in [-0.3, -0.25) is 0 Å². The monoisotopic (exact) mass is 294 g/mol. The van der Waals surface area contributed by atoms with Crippen molar-refractivity contribution in [3.63, 3.8) is 0 Å². The van der Waals surface area contributed by atoms with Crippen LogP contribution in [0.2, 0.25) is 5.02 Å². The molecule has 2 aromatic rings. The molecule has 1 aromatic carbocycles. The molecule has 2 nitrogen and oxygen atoms in total. The van der Waals surface area contributed by atoms with Crippen LogP contribution in [0.1, 0.15) is 31.9 Å². The van der Waals surface area contributed by atoms with Crippen LogP contribution in [0.4, 0.5) is 4.39 Å². The maximum Gasteiger partial charge on any atom is 0.123 e. The quantitative estimate of drug-likeness (QED) is 0.893. The molecule has 0 spiro atoms. The van der Waals surface area contributed by atoms with Crippen LogP contribution in [0.15, 0.2) is 36.7 Å². The fourth-order valence-electron chi connectivity index (χ4n) is 1.92. The maximum absolute atomic E-state index is 13.2. The molecule has 4 heteroatoms. The first-order chi connectivity index (χ1) is 9.33. The normalized spacial score (nSPS) is 11.8. The molecule has 0 saturated heterocycles. The highest BCUT2D eigenvalue weighted by Gasteiger charge is 2.09. The summed E-state index contributed by atoms with van der Waals surface area (Å²) in [5.41, 5.74) is 2.08. The molecule has 0 unspecified atom stereocenters. The molecule has 0 radical (unpaired) electrons. The zero-order valence-electron chi connectivity index (χ0n) is 12.1. The van der Waals surface area contributed by atoms with Crippen LogP contribution in [-0.2, 0) is 13.1 Å². The van der Waals surface area contributed by atoms with Gasteiger partial charge in [0.25, 0.3) is 0 Å². The third-order valence-corrected chi connectivity index (χ3v) is 3.36. The predicted octanol–water partition coefficient (Wildman–Crippen LogP) is 4.22. The summed E-state index contributed by atoms with van der Waals surface area (Å²) in [6.07, 6.45) is 4.04. The fraction of sp³-hybridized carbons (Fsp3) is 0.375. The molecule has 1 heterocycles. The Labute approximate surface area is 124 Å². The predicted molar refractivity (Wildman–Crippen MR) is 81.5 cm³/mol. The first-order valence-electron chi connectivity index (χ1n) is 6.67. The standard InChI is InChI=1S/C16H20ClFN2/c1-16(2,3)19-9-12-6-7-20(10-12)11-13-8-14(18)4-5-15(13)17/h4-8,10,19H,9,11H2,1-3H3. The highest BCUT2D eigenvalue weighted by atomic mass is 35.5. The Balaban J connectivity index is 2.04. The molecule has 20 heavy (non-hydrogen) atoms. The van der Waals surface area contributed by atoms with E-state index in [1.807, 2.05) is 10.8 Å². The summed E-state index contributed by atoms with van der Waals surface area (Å²) >= 11 is 6.08. The number of halogens is 2. The molecule has 0 aliphatic carbocycles. The Morgan fingerprint density at radius 3 is 2.70 bits per heavy atom. The number of nitrogens with zero attached hydrogens (tertiary/aromatic N) is 1. The number of aromatic nitrogens is 1. The lowest BCUT2D eigenvalue weighted by Gasteiger charge is -2.19. The van der Waals surface area contributed by atoms with Gasteiger partial charge in [0, 0.05) is 36.0 Å². The van der Waals surface area contributed by atoms with Gasteiger partial charge >= 0.3 is 0 Å². The molecule has 1 aromatic heterocycles. The first-order valence-corrected chi connectivity index (χ1v) is 7.05. The van der Waals surface area contributed by atoms with Crippen molar-refractivity contribution in [1.29, 1.82) is 0 Å². The fourth-order valence-corrected chi connectivity index (χ4v) is 2.10. The van der Waals surface area contributed by atoms with Gasteiger partial charge in [-0.1, -0.05) is 11.6 Å². The minimum atomic E-state index is -0.258. The van der Waals surface area contributed by atoms with Gasteiger partial charge < -0.3 is 9.88 Å². The van der Waals surface area contributed by atoms with Crippen LogP contribution in [-0.4, -0.2) is 10.1 Å². The Kier molecular flexibility index (Phi) is 4.51. The number of rotatable bonds is 4. The van der Waals surface area contributed by atoms with E-state index in [1.165, 1.54) is 17.7 Å². The lowest BCUT2D eigenvalue weighted by atomic mass is 10.1. The van der Waals surface area contributed by atoms with Gasteiger partial charge in [-0.2, -0.15) is 0 Å². The number of nitrogens with one attached hydrogen (secondary N) is 1. The van der Waals surface area contributed by atoms with E-state index in [0.29, 0.717) is 11.6 Å². The molecule has 0 fully saturated rings. The minimum Gasteiger partial charge on any atom is -0.350 e. The zero-order valence-corrected chi connectivity index (χ0v) is 12.8. The smallest absolute Gasteiger partial charge is 0.123 e. The molecule has 1 N–H and O–H groups in total. The molecule has 0 saturated carbocycles. The summed E-state index contributed by atoms with van der Waals surface area (Å²) in [6, 6.07) is 6.51. The molecule has 0 bridgehead atoms. The van der Waals surface area contributed by atoms with Gasteiger partial charge in [0.15, 0.2) is 0 Å². The Morgan fingerprint density at radius 2 is 2.00 bits per heavy atom. The van der Waals surface area contributed by atoms with E-state index in [9.17, 15) is 4.39 Å². The molecule has 2 rings (SSSR count).